The van der Waals surface area contributed by atoms with Crippen LogP contribution in [0.2, 0.25) is 0 Å². The summed E-state index contributed by atoms with van der Waals surface area (Å²) in [7, 11) is 0. The molecule has 0 amide bonds. The van der Waals surface area contributed by atoms with Crippen LogP contribution in [0.4, 0.5) is 0 Å². The number of rotatable bonds is 3. The Hall–Kier alpha value is -4.23. The Labute approximate surface area is 223 Å². The van der Waals surface area contributed by atoms with Gasteiger partial charge in [0.2, 0.25) is 0 Å². The quantitative estimate of drug-likeness (QED) is 0.226. The third kappa shape index (κ3) is 2.69. The zero-order valence-electron chi connectivity index (χ0n) is 21.9. The maximum Gasteiger partial charge on any atom is 0.0791 e. The highest BCUT2D eigenvalue weighted by molar-refractivity contribution is 6.11. The second-order valence-corrected chi connectivity index (χ2v) is 10.9. The van der Waals surface area contributed by atoms with Gasteiger partial charge in [0, 0.05) is 21.8 Å². The fraction of sp³-hybridized carbons (Fsp3) is 0.162. The number of benzene rings is 5. The van der Waals surface area contributed by atoms with Gasteiger partial charge in [0.25, 0.3) is 0 Å². The molecule has 0 saturated carbocycles. The van der Waals surface area contributed by atoms with Crippen LogP contribution in [0.1, 0.15) is 48.9 Å². The number of fused-ring (bicyclic) bond motifs is 10. The molecule has 8 rings (SSSR count). The predicted molar refractivity (Wildman–Crippen MR) is 160 cm³/mol. The minimum Gasteiger partial charge on any atom is -0.247 e. The summed E-state index contributed by atoms with van der Waals surface area (Å²) in [6.45, 7) is 4.73. The van der Waals surface area contributed by atoms with Crippen molar-refractivity contribution in [3.05, 3.63) is 125 Å². The van der Waals surface area contributed by atoms with Crippen LogP contribution in [0.25, 0.3) is 55.2 Å². The van der Waals surface area contributed by atoms with Crippen molar-refractivity contribution < 1.29 is 0 Å². The first-order valence-corrected chi connectivity index (χ1v) is 13.9. The van der Waals surface area contributed by atoms with Crippen molar-refractivity contribution in [3.8, 4) is 33.5 Å². The molecule has 0 unspecified atom stereocenters. The maximum atomic E-state index is 5.28. The van der Waals surface area contributed by atoms with E-state index in [0.29, 0.717) is 0 Å². The van der Waals surface area contributed by atoms with Crippen molar-refractivity contribution in [2.24, 2.45) is 0 Å². The van der Waals surface area contributed by atoms with Crippen LogP contribution in [0.5, 0.6) is 0 Å². The van der Waals surface area contributed by atoms with Crippen LogP contribution in [0.15, 0.2) is 103 Å². The first-order valence-electron chi connectivity index (χ1n) is 13.9. The Kier molecular flexibility index (Phi) is 4.53. The molecule has 0 aliphatic heterocycles. The van der Waals surface area contributed by atoms with Gasteiger partial charge in [-0.15, -0.1) is 0 Å². The third-order valence-corrected chi connectivity index (χ3v) is 9.39. The van der Waals surface area contributed by atoms with Gasteiger partial charge in [-0.1, -0.05) is 111 Å². The summed E-state index contributed by atoms with van der Waals surface area (Å²) >= 11 is 0. The van der Waals surface area contributed by atoms with Crippen LogP contribution in [0, 0.1) is 0 Å². The summed E-state index contributed by atoms with van der Waals surface area (Å²) in [5.41, 5.74) is 15.1. The second-order valence-electron chi connectivity index (χ2n) is 10.9. The fourth-order valence-corrected chi connectivity index (χ4v) is 7.61. The minimum atomic E-state index is 0.0583. The van der Waals surface area contributed by atoms with Gasteiger partial charge < -0.3 is 0 Å². The molecule has 0 spiro atoms. The highest BCUT2D eigenvalue weighted by Crippen LogP contribution is 2.58. The van der Waals surface area contributed by atoms with E-state index in [9.17, 15) is 0 Å². The Morgan fingerprint density at radius 3 is 2.13 bits per heavy atom. The smallest absolute Gasteiger partial charge is 0.0791 e. The van der Waals surface area contributed by atoms with Crippen LogP contribution in [-0.2, 0) is 11.8 Å². The molecule has 0 fully saturated rings. The molecule has 0 atom stereocenters. The number of nitrogens with zero attached hydrogens (tertiary/aromatic N) is 1. The molecule has 182 valence electrons. The average molecular weight is 488 g/mol. The van der Waals surface area contributed by atoms with Crippen molar-refractivity contribution in [2.45, 2.75) is 38.5 Å². The summed E-state index contributed by atoms with van der Waals surface area (Å²) < 4.78 is 0. The van der Waals surface area contributed by atoms with Crippen LogP contribution >= 0.6 is 0 Å². The molecule has 1 heteroatoms. The Morgan fingerprint density at radius 2 is 1.29 bits per heavy atom. The van der Waals surface area contributed by atoms with Crippen molar-refractivity contribution in [1.82, 2.24) is 4.98 Å². The summed E-state index contributed by atoms with van der Waals surface area (Å²) in [6, 6.07) is 38.1. The highest BCUT2D eigenvalue weighted by atomic mass is 14.7. The third-order valence-electron chi connectivity index (χ3n) is 9.39. The lowest BCUT2D eigenvalue weighted by atomic mass is 9.71. The van der Waals surface area contributed by atoms with Gasteiger partial charge in [-0.2, -0.15) is 0 Å². The van der Waals surface area contributed by atoms with Crippen LogP contribution < -0.4 is 0 Å². The normalized spacial score (nSPS) is 14.4. The zero-order chi connectivity index (χ0) is 25.4. The Balaban J connectivity index is 1.42. The molecule has 38 heavy (non-hydrogen) atoms. The van der Waals surface area contributed by atoms with Gasteiger partial charge in [0.05, 0.1) is 11.2 Å². The summed E-state index contributed by atoms with van der Waals surface area (Å²) in [5.74, 6) is 0. The SMILES string of the molecule is CCC1(CC)c2ccccc2-c2ccc3c(c21)-c1cccc(-c2nc4ccccc4c4ccccc24)c1C3. The fourth-order valence-electron chi connectivity index (χ4n) is 7.61. The summed E-state index contributed by atoms with van der Waals surface area (Å²) in [5, 5.41) is 3.71. The monoisotopic (exact) mass is 487 g/mol. The number of pyridine rings is 1. The van der Waals surface area contributed by atoms with E-state index in [1.54, 1.807) is 5.56 Å². The van der Waals surface area contributed by atoms with Gasteiger partial charge in [-0.3, -0.25) is 0 Å². The van der Waals surface area contributed by atoms with Crippen molar-refractivity contribution in [2.75, 3.05) is 0 Å². The Bertz CT molecular complexity index is 1920. The number of aromatic nitrogens is 1. The molecule has 5 aromatic carbocycles. The molecule has 2 aliphatic carbocycles. The molecule has 0 N–H and O–H groups in total. The van der Waals surface area contributed by atoms with E-state index in [4.69, 9.17) is 4.98 Å². The van der Waals surface area contributed by atoms with Crippen molar-refractivity contribution in [1.29, 1.82) is 0 Å². The van der Waals surface area contributed by atoms with E-state index in [2.05, 4.69) is 117 Å². The summed E-state index contributed by atoms with van der Waals surface area (Å²) in [6.07, 6.45) is 3.17. The predicted octanol–water partition coefficient (Wildman–Crippen LogP) is 9.71. The van der Waals surface area contributed by atoms with E-state index in [-0.39, 0.29) is 5.41 Å². The van der Waals surface area contributed by atoms with Crippen molar-refractivity contribution >= 4 is 21.7 Å². The first kappa shape index (κ1) is 21.8. The molecule has 0 saturated heterocycles. The van der Waals surface area contributed by atoms with Crippen LogP contribution in [-0.4, -0.2) is 4.98 Å². The number of hydrogen-bond donors (Lipinski definition) is 0. The van der Waals surface area contributed by atoms with Crippen LogP contribution in [0.3, 0.4) is 0 Å². The molecule has 2 aliphatic rings. The molecular formula is C37H29N. The molecule has 0 bridgehead atoms. The van der Waals surface area contributed by atoms with E-state index >= 15 is 0 Å². The number of para-hydroxylation sites is 1. The van der Waals surface area contributed by atoms with Gasteiger partial charge in [-0.05, 0) is 75.2 Å². The van der Waals surface area contributed by atoms with E-state index in [0.717, 1.165) is 30.5 Å². The lowest BCUT2D eigenvalue weighted by Gasteiger charge is -2.31. The topological polar surface area (TPSA) is 12.9 Å². The Morgan fingerprint density at radius 1 is 0.605 bits per heavy atom. The standard InChI is InChI=1S/C37H29N/c1-3-37(4-2)32-18-9-7-13-25(32)28-21-20-23-22-31-27(34(23)35(28)37)16-11-17-30(31)36-29-15-6-5-12-24(29)26-14-8-10-19-33(26)38-36/h5-21H,3-4,22H2,1-2H3. The van der Waals surface area contributed by atoms with Gasteiger partial charge >= 0.3 is 0 Å². The number of hydrogen-bond acceptors (Lipinski definition) is 1. The highest BCUT2D eigenvalue weighted by Gasteiger charge is 2.44. The molecule has 0 radical (unpaired) electrons. The lowest BCUT2D eigenvalue weighted by Crippen LogP contribution is -2.24. The van der Waals surface area contributed by atoms with E-state index < -0.39 is 0 Å². The zero-order valence-corrected chi connectivity index (χ0v) is 21.9. The van der Waals surface area contributed by atoms with Gasteiger partial charge in [0.15, 0.2) is 0 Å². The van der Waals surface area contributed by atoms with E-state index in [1.807, 2.05) is 0 Å². The maximum absolute atomic E-state index is 5.28. The lowest BCUT2D eigenvalue weighted by molar-refractivity contribution is 0.491. The molecule has 1 nitrogen and oxygen atoms in total. The van der Waals surface area contributed by atoms with Gasteiger partial charge in [0.1, 0.15) is 0 Å². The largest absolute Gasteiger partial charge is 0.247 e. The van der Waals surface area contributed by atoms with Gasteiger partial charge in [-0.25, -0.2) is 4.98 Å². The summed E-state index contributed by atoms with van der Waals surface area (Å²) in [4.78, 5) is 5.28. The van der Waals surface area contributed by atoms with Crippen molar-refractivity contribution in [3.63, 3.8) is 0 Å². The molecular weight excluding hydrogens is 458 g/mol. The molecule has 6 aromatic rings. The average Bonchev–Trinajstić information content (AvgIpc) is 3.50. The molecule has 1 aromatic heterocycles. The second kappa shape index (κ2) is 7.88. The molecule has 1 heterocycles. The van der Waals surface area contributed by atoms with E-state index in [1.165, 1.54) is 60.7 Å². The first-order chi connectivity index (χ1) is 18.7. The minimum absolute atomic E-state index is 0.0583.